The van der Waals surface area contributed by atoms with E-state index in [2.05, 4.69) is 24.1 Å². The molecule has 2 rings (SSSR count). The standard InChI is InChI=1S/C14H20N2O/c1-14(2)6-3-12(10-14)16-13(17)9-11-4-7-15-8-5-11/h4-5,7-8,12H,3,6,9-10H2,1-2H3,(H,16,17). The van der Waals surface area contributed by atoms with Crippen molar-refractivity contribution in [2.24, 2.45) is 5.41 Å². The van der Waals surface area contributed by atoms with E-state index in [1.54, 1.807) is 12.4 Å². The summed E-state index contributed by atoms with van der Waals surface area (Å²) in [6, 6.07) is 4.13. The first-order valence-corrected chi connectivity index (χ1v) is 6.23. The van der Waals surface area contributed by atoms with Crippen LogP contribution in [0.1, 0.15) is 38.7 Å². The molecule has 1 atom stereocenters. The van der Waals surface area contributed by atoms with E-state index >= 15 is 0 Å². The van der Waals surface area contributed by atoms with Crippen LogP contribution in [0.2, 0.25) is 0 Å². The summed E-state index contributed by atoms with van der Waals surface area (Å²) in [6.45, 7) is 4.53. The zero-order valence-corrected chi connectivity index (χ0v) is 10.6. The van der Waals surface area contributed by atoms with Gasteiger partial charge in [-0.25, -0.2) is 0 Å². The minimum absolute atomic E-state index is 0.124. The summed E-state index contributed by atoms with van der Waals surface area (Å²) in [5.74, 6) is 0.124. The van der Waals surface area contributed by atoms with E-state index in [0.29, 0.717) is 17.9 Å². The van der Waals surface area contributed by atoms with Crippen molar-refractivity contribution >= 4 is 5.91 Å². The molecule has 1 amide bonds. The van der Waals surface area contributed by atoms with E-state index in [0.717, 1.165) is 18.4 Å². The molecule has 92 valence electrons. The van der Waals surface area contributed by atoms with Gasteiger partial charge in [0.1, 0.15) is 0 Å². The molecule has 1 unspecified atom stereocenters. The van der Waals surface area contributed by atoms with Crippen LogP contribution in [0.25, 0.3) is 0 Å². The van der Waals surface area contributed by atoms with Crippen LogP contribution in [0.4, 0.5) is 0 Å². The number of nitrogens with one attached hydrogen (secondary N) is 1. The molecule has 0 aliphatic heterocycles. The van der Waals surface area contributed by atoms with E-state index < -0.39 is 0 Å². The van der Waals surface area contributed by atoms with Crippen molar-refractivity contribution in [3.63, 3.8) is 0 Å². The highest BCUT2D eigenvalue weighted by Crippen LogP contribution is 2.36. The lowest BCUT2D eigenvalue weighted by molar-refractivity contribution is -0.121. The molecule has 3 nitrogen and oxygen atoms in total. The van der Waals surface area contributed by atoms with Crippen LogP contribution >= 0.6 is 0 Å². The highest BCUT2D eigenvalue weighted by molar-refractivity contribution is 5.78. The first-order valence-electron chi connectivity index (χ1n) is 6.23. The van der Waals surface area contributed by atoms with Gasteiger partial charge < -0.3 is 5.32 Å². The van der Waals surface area contributed by atoms with E-state index in [9.17, 15) is 4.79 Å². The fourth-order valence-electron chi connectivity index (χ4n) is 2.52. The van der Waals surface area contributed by atoms with Crippen LogP contribution < -0.4 is 5.32 Å². The molecule has 1 N–H and O–H groups in total. The van der Waals surface area contributed by atoms with Gasteiger partial charge in [0.2, 0.25) is 5.91 Å². The van der Waals surface area contributed by atoms with Gasteiger partial charge in [-0.2, -0.15) is 0 Å². The molecule has 1 aliphatic rings. The van der Waals surface area contributed by atoms with Crippen molar-refractivity contribution in [1.82, 2.24) is 10.3 Å². The first kappa shape index (κ1) is 12.1. The maximum absolute atomic E-state index is 11.8. The molecule has 0 bridgehead atoms. The average Bonchev–Trinajstić information content (AvgIpc) is 2.59. The number of pyridine rings is 1. The number of rotatable bonds is 3. The van der Waals surface area contributed by atoms with Gasteiger partial charge in [0.25, 0.3) is 0 Å². The Morgan fingerprint density at radius 2 is 2.18 bits per heavy atom. The van der Waals surface area contributed by atoms with Gasteiger partial charge in [0, 0.05) is 18.4 Å². The predicted molar refractivity (Wildman–Crippen MR) is 67.5 cm³/mol. The molecule has 1 heterocycles. The fourth-order valence-corrected chi connectivity index (χ4v) is 2.52. The summed E-state index contributed by atoms with van der Waals surface area (Å²) in [5.41, 5.74) is 1.41. The van der Waals surface area contributed by atoms with E-state index in [-0.39, 0.29) is 5.91 Å². The summed E-state index contributed by atoms with van der Waals surface area (Å²) in [7, 11) is 0. The maximum atomic E-state index is 11.8. The van der Waals surface area contributed by atoms with Crippen molar-refractivity contribution < 1.29 is 4.79 Å². The van der Waals surface area contributed by atoms with Crippen LogP contribution in [0.15, 0.2) is 24.5 Å². The van der Waals surface area contributed by atoms with Crippen molar-refractivity contribution in [3.05, 3.63) is 30.1 Å². The molecule has 1 aromatic heterocycles. The number of carbonyl (C=O) groups excluding carboxylic acids is 1. The molecule has 1 aliphatic carbocycles. The third-order valence-corrected chi connectivity index (χ3v) is 3.45. The molecule has 1 saturated carbocycles. The van der Waals surface area contributed by atoms with Gasteiger partial charge in [-0.1, -0.05) is 13.8 Å². The third kappa shape index (κ3) is 3.55. The Hall–Kier alpha value is -1.38. The quantitative estimate of drug-likeness (QED) is 0.869. The summed E-state index contributed by atoms with van der Waals surface area (Å²) >= 11 is 0. The van der Waals surface area contributed by atoms with Crippen LogP contribution in [0.3, 0.4) is 0 Å². The third-order valence-electron chi connectivity index (χ3n) is 3.45. The topological polar surface area (TPSA) is 42.0 Å². The molecule has 1 aromatic rings. The second-order valence-corrected chi connectivity index (χ2v) is 5.70. The van der Waals surface area contributed by atoms with E-state index in [1.165, 1.54) is 6.42 Å². The number of amides is 1. The molecule has 3 heteroatoms. The minimum Gasteiger partial charge on any atom is -0.353 e. The van der Waals surface area contributed by atoms with Crippen LogP contribution in [0, 0.1) is 5.41 Å². The van der Waals surface area contributed by atoms with Crippen LogP contribution in [-0.4, -0.2) is 16.9 Å². The Balaban J connectivity index is 1.83. The lowest BCUT2D eigenvalue weighted by Gasteiger charge is -2.17. The number of nitrogens with zero attached hydrogens (tertiary/aromatic N) is 1. The number of hydrogen-bond donors (Lipinski definition) is 1. The lowest BCUT2D eigenvalue weighted by Crippen LogP contribution is -2.34. The molecule has 0 radical (unpaired) electrons. The van der Waals surface area contributed by atoms with E-state index in [1.807, 2.05) is 12.1 Å². The van der Waals surface area contributed by atoms with Gasteiger partial charge in [-0.3, -0.25) is 9.78 Å². The molecule has 0 spiro atoms. The monoisotopic (exact) mass is 232 g/mol. The molecular weight excluding hydrogens is 212 g/mol. The summed E-state index contributed by atoms with van der Waals surface area (Å²) in [4.78, 5) is 15.8. The van der Waals surface area contributed by atoms with E-state index in [4.69, 9.17) is 0 Å². The Morgan fingerprint density at radius 3 is 2.76 bits per heavy atom. The summed E-state index contributed by atoms with van der Waals surface area (Å²) in [5, 5.41) is 3.12. The second kappa shape index (κ2) is 4.86. The zero-order valence-electron chi connectivity index (χ0n) is 10.6. The molecule has 0 saturated heterocycles. The Labute approximate surface area is 103 Å². The largest absolute Gasteiger partial charge is 0.353 e. The average molecular weight is 232 g/mol. The van der Waals surface area contributed by atoms with Crippen molar-refractivity contribution in [3.8, 4) is 0 Å². The lowest BCUT2D eigenvalue weighted by atomic mass is 9.92. The Kier molecular flexibility index (Phi) is 3.46. The van der Waals surface area contributed by atoms with Crippen LogP contribution in [-0.2, 0) is 11.2 Å². The molecule has 0 aromatic carbocycles. The Morgan fingerprint density at radius 1 is 1.47 bits per heavy atom. The van der Waals surface area contributed by atoms with Crippen molar-refractivity contribution in [1.29, 1.82) is 0 Å². The van der Waals surface area contributed by atoms with Gasteiger partial charge in [-0.15, -0.1) is 0 Å². The van der Waals surface area contributed by atoms with Gasteiger partial charge in [0.05, 0.1) is 6.42 Å². The second-order valence-electron chi connectivity index (χ2n) is 5.70. The fraction of sp³-hybridized carbons (Fsp3) is 0.571. The normalized spacial score (nSPS) is 22.4. The first-order chi connectivity index (χ1) is 8.05. The van der Waals surface area contributed by atoms with Gasteiger partial charge in [0.15, 0.2) is 0 Å². The number of carbonyl (C=O) groups is 1. The van der Waals surface area contributed by atoms with Crippen molar-refractivity contribution in [2.45, 2.75) is 45.6 Å². The zero-order chi connectivity index (χ0) is 12.3. The number of hydrogen-bond acceptors (Lipinski definition) is 2. The van der Waals surface area contributed by atoms with Gasteiger partial charge >= 0.3 is 0 Å². The minimum atomic E-state index is 0.124. The highest BCUT2D eigenvalue weighted by Gasteiger charge is 2.31. The maximum Gasteiger partial charge on any atom is 0.224 e. The summed E-state index contributed by atoms with van der Waals surface area (Å²) < 4.78 is 0. The molecule has 1 fully saturated rings. The van der Waals surface area contributed by atoms with Crippen LogP contribution in [0.5, 0.6) is 0 Å². The number of aromatic nitrogens is 1. The van der Waals surface area contributed by atoms with Crippen molar-refractivity contribution in [2.75, 3.05) is 0 Å². The molecule has 17 heavy (non-hydrogen) atoms. The smallest absolute Gasteiger partial charge is 0.224 e. The molecular formula is C14H20N2O. The summed E-state index contributed by atoms with van der Waals surface area (Å²) in [6.07, 6.45) is 7.30. The Bertz CT molecular complexity index is 386. The predicted octanol–water partition coefficient (Wildman–Crippen LogP) is 2.32. The SMILES string of the molecule is CC1(C)CCC(NC(=O)Cc2ccncc2)C1. The highest BCUT2D eigenvalue weighted by atomic mass is 16.1. The van der Waals surface area contributed by atoms with Gasteiger partial charge in [-0.05, 0) is 42.4 Å².